The van der Waals surface area contributed by atoms with Crippen molar-refractivity contribution in [2.24, 2.45) is 5.84 Å². The van der Waals surface area contributed by atoms with E-state index in [1.165, 1.54) is 11.1 Å². The Morgan fingerprint density at radius 1 is 1.14 bits per heavy atom. The lowest BCUT2D eigenvalue weighted by Gasteiger charge is -2.14. The van der Waals surface area contributed by atoms with Crippen LogP contribution in [0.25, 0.3) is 0 Å². The van der Waals surface area contributed by atoms with Crippen molar-refractivity contribution in [3.8, 4) is 0 Å². The Hall–Kier alpha value is -2.33. The minimum absolute atomic E-state index is 0.0196. The van der Waals surface area contributed by atoms with Gasteiger partial charge in [0, 0.05) is 17.3 Å². The number of fused-ring (bicyclic) bond motifs is 1. The normalized spacial score (nSPS) is 13.8. The zero-order valence-corrected chi connectivity index (χ0v) is 12.0. The van der Waals surface area contributed by atoms with Gasteiger partial charge < -0.3 is 10.7 Å². The molecule has 0 saturated carbocycles. The van der Waals surface area contributed by atoms with E-state index in [-0.39, 0.29) is 11.9 Å². The predicted molar refractivity (Wildman–Crippen MR) is 84.1 cm³/mol. The SMILES string of the molecule is Cc1cc(NN)ccc1C(=O)NC1Cc2ccccc2C1. The zero-order valence-electron chi connectivity index (χ0n) is 12.0. The Kier molecular flexibility index (Phi) is 3.62. The van der Waals surface area contributed by atoms with Crippen LogP contribution in [0.5, 0.6) is 0 Å². The second kappa shape index (κ2) is 5.58. The topological polar surface area (TPSA) is 67.1 Å². The number of anilines is 1. The minimum atomic E-state index is -0.0196. The zero-order chi connectivity index (χ0) is 14.8. The fourth-order valence-electron chi connectivity index (χ4n) is 2.93. The molecule has 0 saturated heterocycles. The van der Waals surface area contributed by atoms with Crippen molar-refractivity contribution in [1.82, 2.24) is 5.32 Å². The van der Waals surface area contributed by atoms with Gasteiger partial charge in [-0.2, -0.15) is 0 Å². The molecule has 4 N–H and O–H groups in total. The first kappa shape index (κ1) is 13.6. The number of hydrogen-bond donors (Lipinski definition) is 3. The molecule has 0 atom stereocenters. The molecule has 0 bridgehead atoms. The molecule has 2 aromatic rings. The number of nitrogens with one attached hydrogen (secondary N) is 2. The smallest absolute Gasteiger partial charge is 0.251 e. The number of carbonyl (C=O) groups is 1. The van der Waals surface area contributed by atoms with Gasteiger partial charge in [-0.15, -0.1) is 0 Å². The molecule has 21 heavy (non-hydrogen) atoms. The van der Waals surface area contributed by atoms with E-state index in [2.05, 4.69) is 22.9 Å². The van der Waals surface area contributed by atoms with Crippen molar-refractivity contribution in [3.63, 3.8) is 0 Å². The quantitative estimate of drug-likeness (QED) is 0.596. The Bertz CT molecular complexity index is 656. The van der Waals surface area contributed by atoms with Crippen LogP contribution in [0.15, 0.2) is 42.5 Å². The Morgan fingerprint density at radius 3 is 2.38 bits per heavy atom. The molecule has 108 valence electrons. The number of benzene rings is 2. The molecule has 1 aliphatic rings. The van der Waals surface area contributed by atoms with Gasteiger partial charge in [-0.25, -0.2) is 0 Å². The van der Waals surface area contributed by atoms with Gasteiger partial charge >= 0.3 is 0 Å². The fourth-order valence-corrected chi connectivity index (χ4v) is 2.93. The summed E-state index contributed by atoms with van der Waals surface area (Å²) < 4.78 is 0. The Balaban J connectivity index is 1.71. The molecule has 2 aromatic carbocycles. The molecule has 0 unspecified atom stereocenters. The van der Waals surface area contributed by atoms with Gasteiger partial charge in [-0.1, -0.05) is 24.3 Å². The van der Waals surface area contributed by atoms with Gasteiger partial charge in [0.05, 0.1) is 0 Å². The summed E-state index contributed by atoms with van der Waals surface area (Å²) in [4.78, 5) is 12.4. The van der Waals surface area contributed by atoms with Crippen LogP contribution in [0.3, 0.4) is 0 Å². The molecular weight excluding hydrogens is 262 g/mol. The van der Waals surface area contributed by atoms with E-state index < -0.39 is 0 Å². The maximum atomic E-state index is 12.4. The van der Waals surface area contributed by atoms with Crippen molar-refractivity contribution < 1.29 is 4.79 Å². The summed E-state index contributed by atoms with van der Waals surface area (Å²) in [7, 11) is 0. The summed E-state index contributed by atoms with van der Waals surface area (Å²) in [5, 5.41) is 3.13. The van der Waals surface area contributed by atoms with E-state index in [1.807, 2.05) is 37.3 Å². The number of nitrogen functional groups attached to an aromatic ring is 1. The molecule has 0 fully saturated rings. The lowest BCUT2D eigenvalue weighted by atomic mass is 10.1. The van der Waals surface area contributed by atoms with Gasteiger partial charge in [0.1, 0.15) is 0 Å². The first-order valence-corrected chi connectivity index (χ1v) is 7.12. The number of nitrogens with two attached hydrogens (primary N) is 1. The summed E-state index contributed by atoms with van der Waals surface area (Å²) in [6.07, 6.45) is 1.81. The molecule has 4 heteroatoms. The third-order valence-electron chi connectivity index (χ3n) is 4.02. The van der Waals surface area contributed by atoms with Crippen molar-refractivity contribution in [2.75, 3.05) is 5.43 Å². The van der Waals surface area contributed by atoms with Crippen molar-refractivity contribution in [2.45, 2.75) is 25.8 Å². The summed E-state index contributed by atoms with van der Waals surface area (Å²) >= 11 is 0. The highest BCUT2D eigenvalue weighted by Gasteiger charge is 2.23. The molecule has 0 spiro atoms. The highest BCUT2D eigenvalue weighted by Crippen LogP contribution is 2.22. The largest absolute Gasteiger partial charge is 0.349 e. The molecule has 0 aliphatic heterocycles. The van der Waals surface area contributed by atoms with Crippen LogP contribution < -0.4 is 16.6 Å². The fraction of sp³-hybridized carbons (Fsp3) is 0.235. The molecule has 0 aromatic heterocycles. The summed E-state index contributed by atoms with van der Waals surface area (Å²) in [6, 6.07) is 14.0. The standard InChI is InChI=1S/C17H19N3O/c1-11-8-14(20-18)6-7-16(11)17(21)19-15-9-12-4-2-3-5-13(12)10-15/h2-8,15,20H,9-10,18H2,1H3,(H,19,21). The van der Waals surface area contributed by atoms with Gasteiger partial charge in [0.25, 0.3) is 5.91 Å². The number of amides is 1. The van der Waals surface area contributed by atoms with E-state index in [0.717, 1.165) is 24.1 Å². The monoisotopic (exact) mass is 281 g/mol. The van der Waals surface area contributed by atoms with Gasteiger partial charge in [0.2, 0.25) is 0 Å². The average Bonchev–Trinajstić information content (AvgIpc) is 2.88. The van der Waals surface area contributed by atoms with Crippen molar-refractivity contribution in [3.05, 3.63) is 64.7 Å². The van der Waals surface area contributed by atoms with E-state index in [0.29, 0.717) is 5.56 Å². The van der Waals surface area contributed by atoms with Crippen LogP contribution in [-0.4, -0.2) is 11.9 Å². The van der Waals surface area contributed by atoms with Crippen molar-refractivity contribution in [1.29, 1.82) is 0 Å². The number of rotatable bonds is 3. The number of aryl methyl sites for hydroxylation is 1. The number of hydrogen-bond acceptors (Lipinski definition) is 3. The van der Waals surface area contributed by atoms with Crippen LogP contribution in [0.1, 0.15) is 27.0 Å². The van der Waals surface area contributed by atoms with Crippen LogP contribution in [0.4, 0.5) is 5.69 Å². The third kappa shape index (κ3) is 2.76. The number of carbonyl (C=O) groups excluding carboxylic acids is 1. The molecular formula is C17H19N3O. The molecule has 1 amide bonds. The van der Waals surface area contributed by atoms with Crippen molar-refractivity contribution >= 4 is 11.6 Å². The third-order valence-corrected chi connectivity index (χ3v) is 4.02. The van der Waals surface area contributed by atoms with Gasteiger partial charge in [-0.05, 0) is 54.7 Å². The van der Waals surface area contributed by atoms with E-state index >= 15 is 0 Å². The molecule has 4 nitrogen and oxygen atoms in total. The predicted octanol–water partition coefficient (Wildman–Crippen LogP) is 2.18. The van der Waals surface area contributed by atoms with Crippen LogP contribution in [0, 0.1) is 6.92 Å². The summed E-state index contributed by atoms with van der Waals surface area (Å²) in [6.45, 7) is 1.92. The Morgan fingerprint density at radius 2 is 1.81 bits per heavy atom. The maximum absolute atomic E-state index is 12.4. The Labute approximate surface area is 124 Å². The second-order valence-corrected chi connectivity index (χ2v) is 5.52. The summed E-state index contributed by atoms with van der Waals surface area (Å²) in [5.74, 6) is 5.36. The van der Waals surface area contributed by atoms with Gasteiger partial charge in [-0.3, -0.25) is 10.6 Å². The van der Waals surface area contributed by atoms with E-state index in [4.69, 9.17) is 5.84 Å². The first-order valence-electron chi connectivity index (χ1n) is 7.12. The maximum Gasteiger partial charge on any atom is 0.251 e. The lowest BCUT2D eigenvalue weighted by molar-refractivity contribution is 0.0938. The molecule has 3 rings (SSSR count). The molecule has 0 radical (unpaired) electrons. The van der Waals surface area contributed by atoms with E-state index in [1.54, 1.807) is 0 Å². The molecule has 1 aliphatic carbocycles. The number of hydrazine groups is 1. The second-order valence-electron chi connectivity index (χ2n) is 5.52. The van der Waals surface area contributed by atoms with Crippen LogP contribution >= 0.6 is 0 Å². The van der Waals surface area contributed by atoms with Crippen LogP contribution in [0.2, 0.25) is 0 Å². The van der Waals surface area contributed by atoms with Crippen LogP contribution in [-0.2, 0) is 12.8 Å². The molecule has 0 heterocycles. The minimum Gasteiger partial charge on any atom is -0.349 e. The first-order chi connectivity index (χ1) is 10.2. The average molecular weight is 281 g/mol. The highest BCUT2D eigenvalue weighted by atomic mass is 16.1. The van der Waals surface area contributed by atoms with E-state index in [9.17, 15) is 4.79 Å². The summed E-state index contributed by atoms with van der Waals surface area (Å²) in [5.41, 5.74) is 7.68. The lowest BCUT2D eigenvalue weighted by Crippen LogP contribution is -2.35. The highest BCUT2D eigenvalue weighted by molar-refractivity contribution is 5.96. The van der Waals surface area contributed by atoms with Gasteiger partial charge in [0.15, 0.2) is 0 Å².